The summed E-state index contributed by atoms with van der Waals surface area (Å²) in [6.45, 7) is 1.32. The fraction of sp³-hybridized carbons (Fsp3) is 0.538. The maximum absolute atomic E-state index is 13.2. The molecule has 4 N–H and O–H groups in total. The van der Waals surface area contributed by atoms with Gasteiger partial charge in [-0.2, -0.15) is 0 Å². The van der Waals surface area contributed by atoms with E-state index in [0.717, 1.165) is 77.2 Å². The van der Waals surface area contributed by atoms with Gasteiger partial charge in [-0.05, 0) is 98.6 Å². The molecule has 3 atom stereocenters. The molecule has 1 aromatic heterocycles. The van der Waals surface area contributed by atoms with Crippen molar-refractivity contribution in [2.45, 2.75) is 105 Å². The molecule has 6 rings (SSSR count). The van der Waals surface area contributed by atoms with Gasteiger partial charge in [-0.15, -0.1) is 11.8 Å². The number of nitrogens with zero attached hydrogens (tertiary/aromatic N) is 2. The number of halogens is 1. The number of aromatic nitrogens is 1. The van der Waals surface area contributed by atoms with Crippen molar-refractivity contribution >= 4 is 29.3 Å². The molecule has 3 aliphatic rings. The molecule has 51 heavy (non-hydrogen) atoms. The molecule has 0 radical (unpaired) electrons. The Kier molecular flexibility index (Phi) is 13.3. The average molecular weight is 741 g/mol. The van der Waals surface area contributed by atoms with Crippen LogP contribution in [-0.4, -0.2) is 98.8 Å². The quantitative estimate of drug-likeness (QED) is 0.0921. The zero-order chi connectivity index (χ0) is 35.8. The number of para-hydroxylation sites is 1. The van der Waals surface area contributed by atoms with Gasteiger partial charge in [0.2, 0.25) is 5.91 Å². The first-order chi connectivity index (χ1) is 24.8. The SMILES string of the molecule is O=C(CC(O)C(O)[C@@H](O)CO)N(CCCCSc1ccc(Cl)c(COC2(c3cnccc3-c3ccccc3OC3CC3)CC2)c1)C1CCOCC1. The van der Waals surface area contributed by atoms with Crippen LogP contribution in [0.3, 0.4) is 0 Å². The number of rotatable bonds is 19. The molecule has 12 heteroatoms. The summed E-state index contributed by atoms with van der Waals surface area (Å²) in [5.41, 5.74) is 3.71. The van der Waals surface area contributed by atoms with Crippen LogP contribution in [0.2, 0.25) is 5.02 Å². The van der Waals surface area contributed by atoms with E-state index in [0.29, 0.717) is 50.3 Å². The molecular formula is C39H49ClN2O8S. The van der Waals surface area contributed by atoms with E-state index in [1.165, 1.54) is 0 Å². The fourth-order valence-corrected chi connectivity index (χ4v) is 7.73. The van der Waals surface area contributed by atoms with Gasteiger partial charge in [0.05, 0.1) is 37.4 Å². The van der Waals surface area contributed by atoms with Gasteiger partial charge in [-0.25, -0.2) is 0 Å². The second kappa shape index (κ2) is 17.9. The second-order valence-corrected chi connectivity index (χ2v) is 15.3. The molecule has 2 aromatic carbocycles. The molecule has 2 unspecified atom stereocenters. The summed E-state index contributed by atoms with van der Waals surface area (Å²) in [4.78, 5) is 20.6. The van der Waals surface area contributed by atoms with Gasteiger partial charge >= 0.3 is 0 Å². The van der Waals surface area contributed by atoms with Crippen LogP contribution in [0.5, 0.6) is 5.75 Å². The highest BCUT2D eigenvalue weighted by Crippen LogP contribution is 2.53. The van der Waals surface area contributed by atoms with E-state index in [4.69, 9.17) is 30.9 Å². The van der Waals surface area contributed by atoms with Crippen molar-refractivity contribution < 1.29 is 39.4 Å². The highest BCUT2D eigenvalue weighted by atomic mass is 35.5. The minimum absolute atomic E-state index is 0.00633. The van der Waals surface area contributed by atoms with Gasteiger partial charge in [0.15, 0.2) is 0 Å². The Labute approximate surface area is 309 Å². The summed E-state index contributed by atoms with van der Waals surface area (Å²) >= 11 is 8.40. The lowest BCUT2D eigenvalue weighted by Gasteiger charge is -2.35. The second-order valence-electron chi connectivity index (χ2n) is 13.8. The van der Waals surface area contributed by atoms with Crippen LogP contribution < -0.4 is 4.74 Å². The van der Waals surface area contributed by atoms with Crippen LogP contribution in [0.1, 0.15) is 68.9 Å². The van der Waals surface area contributed by atoms with Crippen molar-refractivity contribution in [3.8, 4) is 16.9 Å². The number of carbonyl (C=O) groups is 1. The first-order valence-electron chi connectivity index (χ1n) is 18.1. The van der Waals surface area contributed by atoms with Gasteiger partial charge in [0.25, 0.3) is 0 Å². The van der Waals surface area contributed by atoms with Crippen LogP contribution >= 0.6 is 23.4 Å². The van der Waals surface area contributed by atoms with Crippen molar-refractivity contribution in [1.82, 2.24) is 9.88 Å². The van der Waals surface area contributed by atoms with Crippen LogP contribution in [-0.2, 0) is 26.5 Å². The lowest BCUT2D eigenvalue weighted by molar-refractivity contribution is -0.142. The van der Waals surface area contributed by atoms with Crippen molar-refractivity contribution in [1.29, 1.82) is 0 Å². The maximum atomic E-state index is 13.2. The van der Waals surface area contributed by atoms with Gasteiger partial charge in [0.1, 0.15) is 18.0 Å². The Bertz CT molecular complexity index is 1600. The number of ether oxygens (including phenoxy) is 3. The van der Waals surface area contributed by atoms with Crippen molar-refractivity contribution in [2.75, 3.05) is 32.1 Å². The number of thioether (sulfide) groups is 1. The molecule has 3 fully saturated rings. The lowest BCUT2D eigenvalue weighted by atomic mass is 9.96. The van der Waals surface area contributed by atoms with Crippen molar-refractivity contribution in [2.24, 2.45) is 0 Å². The molecule has 0 spiro atoms. The van der Waals surface area contributed by atoms with Crippen molar-refractivity contribution in [3.63, 3.8) is 0 Å². The smallest absolute Gasteiger partial charge is 0.225 e. The first-order valence-corrected chi connectivity index (χ1v) is 19.4. The van der Waals surface area contributed by atoms with E-state index < -0.39 is 30.5 Å². The average Bonchev–Trinajstić information content (AvgIpc) is 4.11. The summed E-state index contributed by atoms with van der Waals surface area (Å²) in [5.74, 6) is 1.45. The van der Waals surface area contributed by atoms with E-state index in [1.54, 1.807) is 16.7 Å². The third kappa shape index (κ3) is 10.0. The van der Waals surface area contributed by atoms with E-state index in [-0.39, 0.29) is 18.4 Å². The number of unbranched alkanes of at least 4 members (excludes halogenated alkanes) is 1. The Hall–Kier alpha value is -2.74. The predicted octanol–water partition coefficient (Wildman–Crippen LogP) is 5.49. The van der Waals surface area contributed by atoms with Gasteiger partial charge in [0, 0.05) is 59.2 Å². The normalized spacial score (nSPS) is 18.9. The molecule has 1 saturated heterocycles. The zero-order valence-electron chi connectivity index (χ0n) is 28.9. The summed E-state index contributed by atoms with van der Waals surface area (Å²) < 4.78 is 18.4. The van der Waals surface area contributed by atoms with Crippen molar-refractivity contribution in [3.05, 3.63) is 77.1 Å². The number of aliphatic hydroxyl groups is 4. The summed E-state index contributed by atoms with van der Waals surface area (Å²) in [7, 11) is 0. The number of aliphatic hydroxyl groups excluding tert-OH is 4. The molecular weight excluding hydrogens is 692 g/mol. The predicted molar refractivity (Wildman–Crippen MR) is 196 cm³/mol. The topological polar surface area (TPSA) is 142 Å². The molecule has 2 heterocycles. The Morgan fingerprint density at radius 2 is 1.80 bits per heavy atom. The first kappa shape index (κ1) is 38.0. The molecule has 0 bridgehead atoms. The summed E-state index contributed by atoms with van der Waals surface area (Å²) in [5, 5.41) is 39.9. The van der Waals surface area contributed by atoms with Gasteiger partial charge < -0.3 is 39.5 Å². The number of benzene rings is 2. The maximum Gasteiger partial charge on any atom is 0.225 e. The van der Waals surface area contributed by atoms with Crippen LogP contribution in [0.25, 0.3) is 11.1 Å². The number of amides is 1. The zero-order valence-corrected chi connectivity index (χ0v) is 30.4. The van der Waals surface area contributed by atoms with E-state index in [9.17, 15) is 20.1 Å². The largest absolute Gasteiger partial charge is 0.490 e. The van der Waals surface area contributed by atoms with Crippen LogP contribution in [0.4, 0.5) is 0 Å². The molecule has 10 nitrogen and oxygen atoms in total. The Morgan fingerprint density at radius 3 is 2.55 bits per heavy atom. The molecule has 2 saturated carbocycles. The van der Waals surface area contributed by atoms with Crippen LogP contribution in [0.15, 0.2) is 65.8 Å². The molecule has 2 aliphatic carbocycles. The number of pyridine rings is 1. The number of hydrogen-bond acceptors (Lipinski definition) is 10. The van der Waals surface area contributed by atoms with Crippen LogP contribution in [0, 0.1) is 0 Å². The molecule has 1 aliphatic heterocycles. The lowest BCUT2D eigenvalue weighted by Crippen LogP contribution is -2.47. The highest BCUT2D eigenvalue weighted by molar-refractivity contribution is 7.99. The highest BCUT2D eigenvalue weighted by Gasteiger charge is 2.48. The molecule has 3 aromatic rings. The summed E-state index contributed by atoms with van der Waals surface area (Å²) in [6, 6.07) is 16.3. The molecule has 1 amide bonds. The van der Waals surface area contributed by atoms with E-state index in [2.05, 4.69) is 23.2 Å². The molecule has 276 valence electrons. The fourth-order valence-electron chi connectivity index (χ4n) is 6.59. The van der Waals surface area contributed by atoms with E-state index >= 15 is 0 Å². The van der Waals surface area contributed by atoms with E-state index in [1.807, 2.05) is 42.7 Å². The van der Waals surface area contributed by atoms with Gasteiger partial charge in [-0.1, -0.05) is 29.8 Å². The number of carbonyl (C=O) groups excluding carboxylic acids is 1. The van der Waals surface area contributed by atoms with Gasteiger partial charge in [-0.3, -0.25) is 9.78 Å². The Balaban J connectivity index is 1.03. The third-order valence-corrected chi connectivity index (χ3v) is 11.4. The number of hydrogen-bond donors (Lipinski definition) is 4. The summed E-state index contributed by atoms with van der Waals surface area (Å²) in [6.07, 6.45) is 6.18. The minimum atomic E-state index is -1.60. The minimum Gasteiger partial charge on any atom is -0.490 e. The monoisotopic (exact) mass is 740 g/mol. The Morgan fingerprint density at radius 1 is 1.02 bits per heavy atom. The standard InChI is InChI=1S/C39H49ClN2O8S/c40-33-10-9-29(51-20-4-3-17-42(27-12-18-48-19-13-27)37(46)22-34(44)38(47)35(45)24-43)21-26(33)25-49-39(14-15-39)32-23-41-16-11-30(32)31-5-1-2-6-36(31)50-28-7-8-28/h1-2,5-6,9-11,16,21,23,27-28,34-35,38,43-45,47H,3-4,7-8,12-15,17-20,22,24-25H2/t34?,35-,38?/m0/s1. The third-order valence-electron chi connectivity index (χ3n) is 9.91.